The van der Waals surface area contributed by atoms with Crippen LogP contribution in [0.15, 0.2) is 60.9 Å². The molecule has 13 nitrogen and oxygen atoms in total. The first-order chi connectivity index (χ1) is 25.3. The minimum Gasteiger partial charge on any atom is -0.465 e. The molecule has 0 radical (unpaired) electrons. The number of aromatic amines is 2. The lowest BCUT2D eigenvalue weighted by atomic mass is 9.70. The summed E-state index contributed by atoms with van der Waals surface area (Å²) < 4.78 is 10.2. The third-order valence-electron chi connectivity index (χ3n) is 10.9. The maximum absolute atomic E-state index is 13.5. The minimum absolute atomic E-state index is 0.0686. The van der Waals surface area contributed by atoms with Crippen LogP contribution >= 0.6 is 0 Å². The van der Waals surface area contributed by atoms with Gasteiger partial charge >= 0.3 is 12.2 Å². The second kappa shape index (κ2) is 15.1. The summed E-state index contributed by atoms with van der Waals surface area (Å²) in [6, 6.07) is 15.6. The molecule has 0 saturated carbocycles. The predicted molar refractivity (Wildman–Crippen MR) is 201 cm³/mol. The summed E-state index contributed by atoms with van der Waals surface area (Å²) in [7, 11) is 2.94. The molecule has 2 aromatic heterocycles. The molecule has 13 heteroatoms. The average molecular weight is 726 g/mol. The molecular weight excluding hydrogens is 674 g/mol. The molecule has 0 bridgehead atoms. The fraction of sp³-hybridized carbons (Fsp3) is 0.475. The van der Waals surface area contributed by atoms with Crippen LogP contribution in [-0.2, 0) is 19.8 Å². The number of nitrogens with one attached hydrogen (secondary N) is 3. The van der Waals surface area contributed by atoms with Crippen LogP contribution in [0.2, 0.25) is 0 Å². The largest absolute Gasteiger partial charge is 0.465 e. The first-order valence-electron chi connectivity index (χ1n) is 18.2. The number of alkyl carbamates (subject to hydrolysis) is 1. The van der Waals surface area contributed by atoms with Gasteiger partial charge in [0.25, 0.3) is 0 Å². The third kappa shape index (κ3) is 7.26. The Hall–Kier alpha value is -5.17. The average Bonchev–Trinajstić information content (AvgIpc) is 3.96. The number of ether oxygens (including phenoxy) is 2. The van der Waals surface area contributed by atoms with Gasteiger partial charge in [0.1, 0.15) is 23.2 Å². The molecule has 4 atom stereocenters. The standard InChI is InChI=1S/C40H51N7O6/c1-24(2)33(45-37(49)53-7)35(48)46-18-8-9-32(46)34-41-20-30(43-34)28-14-10-26(11-15-28)27-12-16-29(17-13-27)31-21-42-36(44-31)40(39(3,4)5)19-25(23-52-6)22-47(40)38(50)51/h10-17,20-21,24-25,32-33H,8-9,18-19,22-23H2,1-7H3,(H,41,43)(H,42,44)(H,45,49)(H,50,51)/t25-,32-,33-,40+/m0/s1. The fourth-order valence-corrected chi connectivity index (χ4v) is 8.09. The zero-order chi connectivity index (χ0) is 38.1. The van der Waals surface area contributed by atoms with Crippen LogP contribution < -0.4 is 5.32 Å². The van der Waals surface area contributed by atoms with Crippen molar-refractivity contribution in [2.75, 3.05) is 33.9 Å². The number of methoxy groups -OCH3 is 2. The van der Waals surface area contributed by atoms with Crippen LogP contribution in [0.3, 0.4) is 0 Å². The predicted octanol–water partition coefficient (Wildman–Crippen LogP) is 7.07. The first kappa shape index (κ1) is 37.6. The number of imidazole rings is 2. The summed E-state index contributed by atoms with van der Waals surface area (Å²) >= 11 is 0. The van der Waals surface area contributed by atoms with Gasteiger partial charge in [0.15, 0.2) is 0 Å². The number of carbonyl (C=O) groups is 3. The van der Waals surface area contributed by atoms with Crippen LogP contribution in [0.25, 0.3) is 33.6 Å². The van der Waals surface area contributed by atoms with E-state index in [0.29, 0.717) is 31.9 Å². The zero-order valence-electron chi connectivity index (χ0n) is 31.6. The van der Waals surface area contributed by atoms with Crippen molar-refractivity contribution in [3.05, 3.63) is 72.6 Å². The fourth-order valence-electron chi connectivity index (χ4n) is 8.09. The van der Waals surface area contributed by atoms with Crippen molar-refractivity contribution in [3.8, 4) is 33.6 Å². The highest BCUT2D eigenvalue weighted by Crippen LogP contribution is 2.52. The Labute approximate surface area is 310 Å². The molecule has 4 aromatic rings. The van der Waals surface area contributed by atoms with Crippen LogP contribution in [0.4, 0.5) is 9.59 Å². The van der Waals surface area contributed by atoms with Crippen molar-refractivity contribution < 1.29 is 29.0 Å². The lowest BCUT2D eigenvalue weighted by Gasteiger charge is -2.45. The van der Waals surface area contributed by atoms with Crippen molar-refractivity contribution in [2.45, 2.75) is 71.5 Å². The zero-order valence-corrected chi connectivity index (χ0v) is 31.6. The Morgan fingerprint density at radius 1 is 0.943 bits per heavy atom. The number of likely N-dealkylation sites (tertiary alicyclic amines) is 2. The van der Waals surface area contributed by atoms with E-state index in [4.69, 9.17) is 14.5 Å². The van der Waals surface area contributed by atoms with E-state index in [0.717, 1.165) is 52.3 Å². The van der Waals surface area contributed by atoms with Gasteiger partial charge in [-0.1, -0.05) is 83.1 Å². The Morgan fingerprint density at radius 2 is 1.53 bits per heavy atom. The molecule has 3 amide bonds. The van der Waals surface area contributed by atoms with Crippen LogP contribution in [-0.4, -0.2) is 92.9 Å². The molecule has 53 heavy (non-hydrogen) atoms. The number of benzene rings is 2. The summed E-state index contributed by atoms with van der Waals surface area (Å²) in [6.45, 7) is 11.5. The Kier molecular flexibility index (Phi) is 10.7. The van der Waals surface area contributed by atoms with E-state index in [9.17, 15) is 19.5 Å². The van der Waals surface area contributed by atoms with Crippen LogP contribution in [0, 0.1) is 17.3 Å². The molecule has 2 aliphatic rings. The summed E-state index contributed by atoms with van der Waals surface area (Å²) in [5, 5.41) is 12.9. The highest BCUT2D eigenvalue weighted by atomic mass is 16.5. The second-order valence-electron chi connectivity index (χ2n) is 15.6. The number of rotatable bonds is 10. The molecule has 2 saturated heterocycles. The number of carboxylic acid groups (broad SMARTS) is 1. The molecule has 282 valence electrons. The van der Waals surface area contributed by atoms with Gasteiger partial charge < -0.3 is 34.8 Å². The topological polar surface area (TPSA) is 166 Å². The van der Waals surface area contributed by atoms with E-state index in [2.05, 4.69) is 65.3 Å². The Balaban J connectivity index is 1.16. The highest BCUT2D eigenvalue weighted by Gasteiger charge is 2.58. The molecular formula is C40H51N7O6. The molecule has 6 rings (SSSR count). The third-order valence-corrected chi connectivity index (χ3v) is 10.9. The molecule has 4 heterocycles. The lowest BCUT2D eigenvalue weighted by molar-refractivity contribution is -0.135. The number of H-pyrrole nitrogens is 2. The van der Waals surface area contributed by atoms with E-state index in [1.165, 1.54) is 12.0 Å². The maximum Gasteiger partial charge on any atom is 0.408 e. The number of carbonyl (C=O) groups excluding carboxylic acids is 2. The second-order valence-corrected chi connectivity index (χ2v) is 15.6. The Bertz CT molecular complexity index is 1910. The van der Waals surface area contributed by atoms with Gasteiger partial charge in [0.05, 0.1) is 43.5 Å². The highest BCUT2D eigenvalue weighted by molar-refractivity contribution is 5.86. The minimum atomic E-state index is -0.960. The van der Waals surface area contributed by atoms with E-state index >= 15 is 0 Å². The number of aromatic nitrogens is 4. The van der Waals surface area contributed by atoms with Gasteiger partial charge in [-0.05, 0) is 52.8 Å². The summed E-state index contributed by atoms with van der Waals surface area (Å²) in [5.41, 5.74) is 4.45. The van der Waals surface area contributed by atoms with Crippen molar-refractivity contribution in [3.63, 3.8) is 0 Å². The number of amides is 3. The van der Waals surface area contributed by atoms with Crippen LogP contribution in [0.1, 0.15) is 71.6 Å². The smallest absolute Gasteiger partial charge is 0.408 e. The van der Waals surface area contributed by atoms with E-state index in [-0.39, 0.29) is 23.8 Å². The number of hydrogen-bond acceptors (Lipinski definition) is 7. The van der Waals surface area contributed by atoms with Crippen molar-refractivity contribution >= 4 is 18.1 Å². The Morgan fingerprint density at radius 3 is 2.08 bits per heavy atom. The maximum atomic E-state index is 13.5. The van der Waals surface area contributed by atoms with E-state index in [1.54, 1.807) is 24.4 Å². The van der Waals surface area contributed by atoms with Crippen molar-refractivity contribution in [2.24, 2.45) is 17.3 Å². The van der Waals surface area contributed by atoms with E-state index in [1.807, 2.05) is 38.1 Å². The molecule has 0 spiro atoms. The lowest BCUT2D eigenvalue weighted by Crippen LogP contribution is -2.53. The number of hydrogen-bond donors (Lipinski definition) is 4. The van der Waals surface area contributed by atoms with Gasteiger partial charge in [0.2, 0.25) is 5.91 Å². The molecule has 2 fully saturated rings. The van der Waals surface area contributed by atoms with Gasteiger partial charge in [-0.15, -0.1) is 0 Å². The summed E-state index contributed by atoms with van der Waals surface area (Å²) in [6.07, 6.45) is 4.25. The van der Waals surface area contributed by atoms with Gasteiger partial charge in [-0.3, -0.25) is 9.69 Å². The normalized spacial score (nSPS) is 20.9. The van der Waals surface area contributed by atoms with Gasteiger partial charge in [-0.2, -0.15) is 0 Å². The molecule has 0 aliphatic carbocycles. The van der Waals surface area contributed by atoms with Crippen molar-refractivity contribution in [1.82, 2.24) is 35.1 Å². The molecule has 2 aliphatic heterocycles. The monoisotopic (exact) mass is 725 g/mol. The summed E-state index contributed by atoms with van der Waals surface area (Å²) in [5.74, 6) is 1.19. The molecule has 0 unspecified atom stereocenters. The van der Waals surface area contributed by atoms with Gasteiger partial charge in [0, 0.05) is 26.1 Å². The quantitative estimate of drug-likeness (QED) is 0.135. The van der Waals surface area contributed by atoms with Crippen molar-refractivity contribution in [1.29, 1.82) is 0 Å². The van der Waals surface area contributed by atoms with Gasteiger partial charge in [-0.25, -0.2) is 19.6 Å². The number of nitrogens with zero attached hydrogens (tertiary/aromatic N) is 4. The first-order valence-corrected chi connectivity index (χ1v) is 18.2. The molecule has 4 N–H and O–H groups in total. The molecule has 2 aromatic carbocycles. The van der Waals surface area contributed by atoms with Crippen LogP contribution in [0.5, 0.6) is 0 Å². The SMILES string of the molecule is COC[C@@H]1CN(C(=O)O)[C@](c2ncc(-c3ccc(-c4ccc(-c5cnc([C@@H]6CCCN6C(=O)[C@@H](NC(=O)OC)C(C)C)[nH]5)cc4)cc3)[nH]2)(C(C)(C)C)C1. The summed E-state index contributed by atoms with van der Waals surface area (Å²) in [4.78, 5) is 57.7. The van der Waals surface area contributed by atoms with E-state index < -0.39 is 29.2 Å².